The summed E-state index contributed by atoms with van der Waals surface area (Å²) in [6, 6.07) is 8.71. The van der Waals surface area contributed by atoms with Crippen LogP contribution in [-0.4, -0.2) is 11.8 Å². The number of rotatable bonds is 0. The van der Waals surface area contributed by atoms with Crippen LogP contribution in [0.15, 0.2) is 30.3 Å². The van der Waals surface area contributed by atoms with E-state index in [-0.39, 0.29) is 0 Å². The van der Waals surface area contributed by atoms with Gasteiger partial charge in [0.1, 0.15) is 5.75 Å². The Kier molecular flexibility index (Phi) is 4.98. The number of aromatic hydroxyl groups is 1. The molecule has 1 N–H and O–H groups in total. The fraction of sp³-hybridized carbons (Fsp3) is 0.143. The molecule has 0 fully saturated rings. The summed E-state index contributed by atoms with van der Waals surface area (Å²) in [6.07, 6.45) is 0. The van der Waals surface area contributed by atoms with Crippen molar-refractivity contribution < 1.29 is 18.3 Å². The topological polar surface area (TPSA) is 20.2 Å². The lowest BCUT2D eigenvalue weighted by Gasteiger charge is -1.82. The highest BCUT2D eigenvalue weighted by molar-refractivity contribution is 5.18. The summed E-state index contributed by atoms with van der Waals surface area (Å²) in [5.74, 6) is 0.322. The summed E-state index contributed by atoms with van der Waals surface area (Å²) < 4.78 is 29.0. The van der Waals surface area contributed by atoms with E-state index in [4.69, 9.17) is 5.11 Å². The van der Waals surface area contributed by atoms with Crippen molar-refractivity contribution >= 4 is 0 Å². The van der Waals surface area contributed by atoms with Crippen LogP contribution >= 0.6 is 0 Å². The second-order valence-electron chi connectivity index (χ2n) is 1.58. The van der Waals surface area contributed by atoms with Gasteiger partial charge in [0.25, 0.3) is 0 Å². The van der Waals surface area contributed by atoms with Gasteiger partial charge in [-0.3, -0.25) is 0 Å². The minimum Gasteiger partial charge on any atom is -0.508 e. The SMILES string of the molecule is FC(F)F.Oc1ccccc1. The molecule has 11 heavy (non-hydrogen) atoms. The molecule has 0 saturated heterocycles. The molecule has 1 nitrogen and oxygen atoms in total. The predicted molar refractivity (Wildman–Crippen MR) is 35.2 cm³/mol. The maximum atomic E-state index is 9.67. The lowest BCUT2D eigenvalue weighted by Crippen LogP contribution is -1.65. The van der Waals surface area contributed by atoms with Crippen molar-refractivity contribution in [3.8, 4) is 5.75 Å². The maximum absolute atomic E-state index is 9.67. The molecule has 0 heterocycles. The van der Waals surface area contributed by atoms with Crippen molar-refractivity contribution in [1.82, 2.24) is 0 Å². The standard InChI is InChI=1S/C6H6O.CHF3/c7-6-4-2-1-3-5-6;2-1(3)4/h1-5,7H;1H. The number of para-hydroxylation sites is 1. The number of hydrogen-bond donors (Lipinski definition) is 1. The van der Waals surface area contributed by atoms with Crippen molar-refractivity contribution in [3.05, 3.63) is 30.3 Å². The van der Waals surface area contributed by atoms with Gasteiger partial charge in [0.2, 0.25) is 0 Å². The third-order valence-corrected chi connectivity index (χ3v) is 0.756. The van der Waals surface area contributed by atoms with Gasteiger partial charge in [0.15, 0.2) is 0 Å². The zero-order chi connectivity index (χ0) is 8.69. The second kappa shape index (κ2) is 5.58. The number of benzene rings is 1. The highest BCUT2D eigenvalue weighted by Crippen LogP contribution is 2.02. The third kappa shape index (κ3) is 8.81. The van der Waals surface area contributed by atoms with Crippen LogP contribution in [0.2, 0.25) is 0 Å². The molecule has 0 amide bonds. The first-order valence-electron chi connectivity index (χ1n) is 2.79. The van der Waals surface area contributed by atoms with E-state index in [0.717, 1.165) is 0 Å². The lowest BCUT2D eigenvalue weighted by molar-refractivity contribution is 0.00819. The molecule has 0 saturated carbocycles. The molecule has 0 bridgehead atoms. The van der Waals surface area contributed by atoms with E-state index in [1.807, 2.05) is 6.07 Å². The molecule has 1 rings (SSSR count). The first kappa shape index (κ1) is 9.81. The van der Waals surface area contributed by atoms with E-state index in [9.17, 15) is 13.2 Å². The molecule has 62 valence electrons. The Bertz CT molecular complexity index is 174. The molecule has 0 aliphatic carbocycles. The molecule has 0 unspecified atom stereocenters. The second-order valence-corrected chi connectivity index (χ2v) is 1.58. The summed E-state index contributed by atoms with van der Waals surface area (Å²) in [6.45, 7) is -3.67. The number of phenolic OH excluding ortho intramolecular Hbond substituents is 1. The van der Waals surface area contributed by atoms with E-state index in [2.05, 4.69) is 0 Å². The van der Waals surface area contributed by atoms with Gasteiger partial charge in [-0.1, -0.05) is 18.2 Å². The Labute approximate surface area is 62.1 Å². The number of hydrogen-bond acceptors (Lipinski definition) is 1. The van der Waals surface area contributed by atoms with Gasteiger partial charge in [-0.2, -0.15) is 13.2 Å². The van der Waals surface area contributed by atoms with Crippen LogP contribution < -0.4 is 0 Å². The molecule has 1 aromatic rings. The van der Waals surface area contributed by atoms with E-state index in [1.165, 1.54) is 0 Å². The summed E-state index contributed by atoms with van der Waals surface area (Å²) in [7, 11) is 0. The van der Waals surface area contributed by atoms with Gasteiger partial charge in [0.05, 0.1) is 0 Å². The summed E-state index contributed by atoms with van der Waals surface area (Å²) in [5, 5.41) is 8.63. The largest absolute Gasteiger partial charge is 0.508 e. The molecule has 0 aliphatic rings. The quantitative estimate of drug-likeness (QED) is 0.624. The normalized spacial score (nSPS) is 8.73. The molecule has 0 radical (unpaired) electrons. The molecule has 1 aromatic carbocycles. The highest BCUT2D eigenvalue weighted by Gasteiger charge is 1.86. The molecule has 0 aliphatic heterocycles. The zero-order valence-corrected chi connectivity index (χ0v) is 5.55. The number of halogens is 3. The average molecular weight is 164 g/mol. The van der Waals surface area contributed by atoms with Crippen LogP contribution in [0.1, 0.15) is 0 Å². The Hall–Kier alpha value is -1.19. The Morgan fingerprint density at radius 2 is 1.36 bits per heavy atom. The summed E-state index contributed by atoms with van der Waals surface area (Å²) >= 11 is 0. The molecule has 0 aromatic heterocycles. The predicted octanol–water partition coefficient (Wildman–Crippen LogP) is 2.57. The monoisotopic (exact) mass is 164 g/mol. The molecule has 4 heteroatoms. The van der Waals surface area contributed by atoms with Crippen molar-refractivity contribution in [3.63, 3.8) is 0 Å². The van der Waals surface area contributed by atoms with Crippen LogP contribution in [0.4, 0.5) is 13.2 Å². The van der Waals surface area contributed by atoms with Crippen molar-refractivity contribution in [1.29, 1.82) is 0 Å². The van der Waals surface area contributed by atoms with Crippen LogP contribution in [-0.2, 0) is 0 Å². The van der Waals surface area contributed by atoms with Crippen molar-refractivity contribution in [2.75, 3.05) is 0 Å². The van der Waals surface area contributed by atoms with Gasteiger partial charge in [-0.15, -0.1) is 0 Å². The van der Waals surface area contributed by atoms with Gasteiger partial charge >= 0.3 is 6.68 Å². The minimum absolute atomic E-state index is 0.322. The average Bonchev–Trinajstić information content (AvgIpc) is 1.87. The maximum Gasteiger partial charge on any atom is 0.379 e. The van der Waals surface area contributed by atoms with Crippen LogP contribution in [0.3, 0.4) is 0 Å². The van der Waals surface area contributed by atoms with Gasteiger partial charge < -0.3 is 5.11 Å². The third-order valence-electron chi connectivity index (χ3n) is 0.756. The molecular weight excluding hydrogens is 157 g/mol. The number of phenols is 1. The minimum atomic E-state index is -3.67. The molecule has 0 spiro atoms. The van der Waals surface area contributed by atoms with E-state index in [1.54, 1.807) is 24.3 Å². The van der Waals surface area contributed by atoms with E-state index >= 15 is 0 Å². The van der Waals surface area contributed by atoms with Crippen molar-refractivity contribution in [2.24, 2.45) is 0 Å². The highest BCUT2D eigenvalue weighted by atomic mass is 19.4. The number of alkyl halides is 3. The van der Waals surface area contributed by atoms with Crippen molar-refractivity contribution in [2.45, 2.75) is 6.68 Å². The zero-order valence-electron chi connectivity index (χ0n) is 5.55. The van der Waals surface area contributed by atoms with Gasteiger partial charge in [-0.05, 0) is 12.1 Å². The fourth-order valence-electron chi connectivity index (χ4n) is 0.428. The van der Waals surface area contributed by atoms with E-state index in [0.29, 0.717) is 5.75 Å². The molecular formula is C7H7F3O. The first-order valence-corrected chi connectivity index (χ1v) is 2.79. The van der Waals surface area contributed by atoms with Crippen LogP contribution in [0.25, 0.3) is 0 Å². The smallest absolute Gasteiger partial charge is 0.379 e. The summed E-state index contributed by atoms with van der Waals surface area (Å²) in [5.41, 5.74) is 0. The first-order chi connectivity index (χ1) is 5.13. The van der Waals surface area contributed by atoms with Crippen LogP contribution in [0.5, 0.6) is 5.75 Å². The van der Waals surface area contributed by atoms with Gasteiger partial charge in [0, 0.05) is 0 Å². The lowest BCUT2D eigenvalue weighted by atomic mass is 10.3. The van der Waals surface area contributed by atoms with Gasteiger partial charge in [-0.25, -0.2) is 0 Å². The fourth-order valence-corrected chi connectivity index (χ4v) is 0.428. The Morgan fingerprint density at radius 3 is 1.55 bits per heavy atom. The molecule has 0 atom stereocenters. The van der Waals surface area contributed by atoms with E-state index < -0.39 is 6.68 Å². The summed E-state index contributed by atoms with van der Waals surface area (Å²) in [4.78, 5) is 0. The Balaban J connectivity index is 0.000000218. The Morgan fingerprint density at radius 1 is 1.00 bits per heavy atom. The van der Waals surface area contributed by atoms with Crippen LogP contribution in [0, 0.1) is 0 Å².